The Morgan fingerprint density at radius 1 is 0.929 bits per heavy atom. The lowest BCUT2D eigenvalue weighted by Crippen LogP contribution is -2.48. The number of benzene rings is 1. The van der Waals surface area contributed by atoms with Gasteiger partial charge in [-0.1, -0.05) is 26.8 Å². The summed E-state index contributed by atoms with van der Waals surface area (Å²) < 4.78 is 27.1. The van der Waals surface area contributed by atoms with Gasteiger partial charge in [-0.25, -0.2) is 4.79 Å². The van der Waals surface area contributed by atoms with E-state index in [-0.39, 0.29) is 24.2 Å². The molecule has 0 heterocycles. The predicted molar refractivity (Wildman–Crippen MR) is 164 cm³/mol. The van der Waals surface area contributed by atoms with E-state index in [0.29, 0.717) is 57.1 Å². The minimum Gasteiger partial charge on any atom is -0.493 e. The van der Waals surface area contributed by atoms with Crippen molar-refractivity contribution in [3.8, 4) is 11.5 Å². The fourth-order valence-corrected chi connectivity index (χ4v) is 4.57. The minimum atomic E-state index is -0.950. The van der Waals surface area contributed by atoms with E-state index in [0.717, 1.165) is 12.0 Å². The van der Waals surface area contributed by atoms with Crippen molar-refractivity contribution in [1.29, 1.82) is 0 Å². The van der Waals surface area contributed by atoms with Gasteiger partial charge in [-0.15, -0.1) is 0 Å². The molecule has 0 fully saturated rings. The molecule has 0 aliphatic carbocycles. The summed E-state index contributed by atoms with van der Waals surface area (Å²) in [6.45, 7) is 13.6. The van der Waals surface area contributed by atoms with Crippen LogP contribution in [-0.2, 0) is 25.4 Å². The molecule has 0 saturated carbocycles. The first-order valence-corrected chi connectivity index (χ1v) is 15.0. The highest BCUT2D eigenvalue weighted by Gasteiger charge is 2.31. The van der Waals surface area contributed by atoms with Crippen LogP contribution >= 0.6 is 0 Å². The molecule has 0 aliphatic heterocycles. The van der Waals surface area contributed by atoms with Crippen molar-refractivity contribution in [1.82, 2.24) is 10.6 Å². The fraction of sp³-hybridized carbons (Fsp3) is 0.750. The maximum Gasteiger partial charge on any atom is 0.407 e. The molecule has 42 heavy (non-hydrogen) atoms. The predicted octanol–water partition coefficient (Wildman–Crippen LogP) is 4.75. The minimum absolute atomic E-state index is 0.104. The number of carbonyl (C=O) groups excluding carboxylic acids is 2. The maximum atomic E-state index is 12.8. The third-order valence-corrected chi connectivity index (χ3v) is 7.01. The Labute approximate surface area is 253 Å². The zero-order valence-corrected chi connectivity index (χ0v) is 27.3. The summed E-state index contributed by atoms with van der Waals surface area (Å²) in [5, 5.41) is 17.1. The van der Waals surface area contributed by atoms with Gasteiger partial charge in [-0.3, -0.25) is 4.79 Å². The Morgan fingerprint density at radius 2 is 1.60 bits per heavy atom. The number of alkyl carbamates (subject to hydrolysis) is 1. The number of aliphatic hydroxyl groups excluding tert-OH is 1. The highest BCUT2D eigenvalue weighted by atomic mass is 16.6. The Balaban J connectivity index is 3.08. The van der Waals surface area contributed by atoms with Gasteiger partial charge in [0, 0.05) is 46.3 Å². The van der Waals surface area contributed by atoms with Crippen molar-refractivity contribution in [3.63, 3.8) is 0 Å². The molecule has 10 nitrogen and oxygen atoms in total. The molecular formula is C32H56N2O8. The van der Waals surface area contributed by atoms with Gasteiger partial charge in [0.2, 0.25) is 5.91 Å². The van der Waals surface area contributed by atoms with Crippen molar-refractivity contribution < 1.29 is 38.4 Å². The quantitative estimate of drug-likeness (QED) is 0.184. The lowest BCUT2D eigenvalue weighted by molar-refractivity contribution is -0.125. The van der Waals surface area contributed by atoms with Crippen LogP contribution in [0.15, 0.2) is 18.2 Å². The van der Waals surface area contributed by atoms with Gasteiger partial charge in [-0.05, 0) is 76.0 Å². The molecule has 0 bridgehead atoms. The van der Waals surface area contributed by atoms with E-state index in [4.69, 9.17) is 23.7 Å². The zero-order chi connectivity index (χ0) is 31.7. The maximum absolute atomic E-state index is 12.8. The highest BCUT2D eigenvalue weighted by molar-refractivity contribution is 5.78. The summed E-state index contributed by atoms with van der Waals surface area (Å²) in [6, 6.07) is 5.29. The molecule has 0 spiro atoms. The number of methoxy groups -OCH3 is 3. The zero-order valence-electron chi connectivity index (χ0n) is 27.3. The first kappa shape index (κ1) is 37.5. The van der Waals surface area contributed by atoms with Crippen LogP contribution in [0.25, 0.3) is 0 Å². The smallest absolute Gasteiger partial charge is 0.407 e. The van der Waals surface area contributed by atoms with E-state index in [1.165, 1.54) is 0 Å². The largest absolute Gasteiger partial charge is 0.493 e. The number of rotatable bonds is 20. The van der Waals surface area contributed by atoms with E-state index in [9.17, 15) is 14.7 Å². The lowest BCUT2D eigenvalue weighted by Gasteiger charge is -2.32. The first-order valence-electron chi connectivity index (χ1n) is 15.0. The monoisotopic (exact) mass is 596 g/mol. The number of amides is 2. The van der Waals surface area contributed by atoms with Crippen LogP contribution in [0.4, 0.5) is 4.79 Å². The molecule has 1 rings (SSSR count). The molecular weight excluding hydrogens is 540 g/mol. The van der Waals surface area contributed by atoms with Gasteiger partial charge < -0.3 is 39.4 Å². The number of aliphatic hydroxyl groups is 1. The van der Waals surface area contributed by atoms with Gasteiger partial charge in [0.25, 0.3) is 0 Å². The van der Waals surface area contributed by atoms with Gasteiger partial charge >= 0.3 is 6.09 Å². The third kappa shape index (κ3) is 15.1. The Hall–Kier alpha value is -2.56. The molecule has 0 aromatic heterocycles. The molecule has 0 unspecified atom stereocenters. The summed E-state index contributed by atoms with van der Waals surface area (Å²) in [7, 11) is 4.90. The van der Waals surface area contributed by atoms with Crippen LogP contribution in [0.1, 0.15) is 72.8 Å². The number of ether oxygens (including phenoxy) is 5. The Kier molecular flexibility index (Phi) is 17.5. The summed E-state index contributed by atoms with van der Waals surface area (Å²) in [4.78, 5) is 25.4. The van der Waals surface area contributed by atoms with Gasteiger partial charge in [-0.2, -0.15) is 0 Å². The van der Waals surface area contributed by atoms with E-state index >= 15 is 0 Å². The number of hydrogen-bond acceptors (Lipinski definition) is 8. The van der Waals surface area contributed by atoms with E-state index in [1.54, 1.807) is 49.0 Å². The van der Waals surface area contributed by atoms with E-state index in [2.05, 4.69) is 24.5 Å². The Bertz CT molecular complexity index is 918. The average Bonchev–Trinajstić information content (AvgIpc) is 2.91. The van der Waals surface area contributed by atoms with Crippen LogP contribution in [0.5, 0.6) is 11.5 Å². The summed E-state index contributed by atoms with van der Waals surface area (Å²) in [5.41, 5.74) is 0.375. The number of hydrogen-bond donors (Lipinski definition) is 3. The SMILES string of the molecule is COCCCNC(=O)[C@H](C)C[C@H](O)[C@H](C[C@H](Cc1ccc(OC)c(OCCCOC)c1)C(C)C)NC(=O)OC(C)(C)C. The first-order chi connectivity index (χ1) is 19.8. The van der Waals surface area contributed by atoms with Crippen LogP contribution in [0.2, 0.25) is 0 Å². The summed E-state index contributed by atoms with van der Waals surface area (Å²) in [5.74, 6) is 1.09. The van der Waals surface area contributed by atoms with Gasteiger partial charge in [0.1, 0.15) is 5.60 Å². The van der Waals surface area contributed by atoms with Gasteiger partial charge in [0.05, 0.1) is 25.9 Å². The van der Waals surface area contributed by atoms with Crippen LogP contribution in [-0.4, -0.2) is 82.5 Å². The van der Waals surface area contributed by atoms with Crippen LogP contribution in [0, 0.1) is 17.8 Å². The molecule has 0 aliphatic rings. The topological polar surface area (TPSA) is 125 Å². The Morgan fingerprint density at radius 3 is 2.19 bits per heavy atom. The van der Waals surface area contributed by atoms with Crippen LogP contribution in [0.3, 0.4) is 0 Å². The number of nitrogens with one attached hydrogen (secondary N) is 2. The van der Waals surface area contributed by atoms with Crippen molar-refractivity contribution in [2.24, 2.45) is 17.8 Å². The molecule has 0 saturated heterocycles. The van der Waals surface area contributed by atoms with Gasteiger partial charge in [0.15, 0.2) is 11.5 Å². The summed E-state index contributed by atoms with van der Waals surface area (Å²) >= 11 is 0. The molecule has 0 radical (unpaired) electrons. The second-order valence-corrected chi connectivity index (χ2v) is 12.2. The second-order valence-electron chi connectivity index (χ2n) is 12.2. The van der Waals surface area contributed by atoms with E-state index < -0.39 is 29.8 Å². The van der Waals surface area contributed by atoms with Crippen LogP contribution < -0.4 is 20.1 Å². The molecule has 1 aromatic rings. The molecule has 3 N–H and O–H groups in total. The molecule has 242 valence electrons. The molecule has 1 aromatic carbocycles. The molecule has 10 heteroatoms. The van der Waals surface area contributed by atoms with Crippen molar-refractivity contribution in [2.75, 3.05) is 47.7 Å². The second kappa shape index (κ2) is 19.6. The molecule has 2 amide bonds. The third-order valence-electron chi connectivity index (χ3n) is 7.01. The standard InChI is InChI=1S/C32H56N2O8/c1-22(2)25(19-24-12-13-28(40-9)29(20-24)41-17-11-16-39-8)21-26(34-31(37)42-32(4,5)6)27(35)18-23(3)30(36)33-14-10-15-38-7/h12-13,20,22-23,25-27,35H,10-11,14-19,21H2,1-9H3,(H,33,36)(H,34,37)/t23-,25+,26+,27+/m1/s1. The number of carbonyl (C=O) groups is 2. The summed E-state index contributed by atoms with van der Waals surface area (Å²) in [6.07, 6.45) is 1.32. The van der Waals surface area contributed by atoms with E-state index in [1.807, 2.05) is 18.2 Å². The normalized spacial score (nSPS) is 14.5. The van der Waals surface area contributed by atoms with Crippen molar-refractivity contribution in [3.05, 3.63) is 23.8 Å². The highest BCUT2D eigenvalue weighted by Crippen LogP contribution is 2.32. The molecule has 4 atom stereocenters. The lowest BCUT2D eigenvalue weighted by atomic mass is 9.82. The average molecular weight is 597 g/mol. The van der Waals surface area contributed by atoms with Crippen molar-refractivity contribution >= 4 is 12.0 Å². The fourth-order valence-electron chi connectivity index (χ4n) is 4.57. The van der Waals surface area contributed by atoms with Crippen molar-refractivity contribution in [2.45, 2.75) is 91.4 Å².